The third-order valence-corrected chi connectivity index (χ3v) is 3.06. The lowest BCUT2D eigenvalue weighted by atomic mass is 10.2. The van der Waals surface area contributed by atoms with Crippen LogP contribution in [0, 0.1) is 5.92 Å². The van der Waals surface area contributed by atoms with Crippen LogP contribution in [0.2, 0.25) is 5.02 Å². The van der Waals surface area contributed by atoms with Crippen LogP contribution in [-0.4, -0.2) is 19.6 Å². The van der Waals surface area contributed by atoms with E-state index in [1.807, 2.05) is 6.07 Å². The van der Waals surface area contributed by atoms with Gasteiger partial charge in [0.15, 0.2) is 0 Å². The number of hydrogen-bond acceptors (Lipinski definition) is 2. The van der Waals surface area contributed by atoms with Crippen molar-refractivity contribution < 1.29 is 9.53 Å². The first-order valence-corrected chi connectivity index (χ1v) is 5.63. The second-order valence-electron chi connectivity index (χ2n) is 4.13. The maximum absolute atomic E-state index is 11.7. The number of amides is 1. The summed E-state index contributed by atoms with van der Waals surface area (Å²) in [4.78, 5) is 13.5. The Balaban J connectivity index is 2.28. The number of anilines is 1. The number of halogens is 1. The average molecular weight is 240 g/mol. The van der Waals surface area contributed by atoms with Crippen LogP contribution in [0.1, 0.15) is 13.3 Å². The number of hydrogen-bond donors (Lipinski definition) is 0. The molecule has 3 nitrogen and oxygen atoms in total. The first-order chi connectivity index (χ1) is 7.61. The Morgan fingerprint density at radius 1 is 1.50 bits per heavy atom. The van der Waals surface area contributed by atoms with Crippen LogP contribution in [-0.2, 0) is 4.79 Å². The molecule has 1 saturated heterocycles. The molecule has 1 amide bonds. The van der Waals surface area contributed by atoms with E-state index in [1.54, 1.807) is 24.1 Å². The summed E-state index contributed by atoms with van der Waals surface area (Å²) in [6.07, 6.45) is 0.615. The molecule has 0 N–H and O–H groups in total. The predicted octanol–water partition coefficient (Wildman–Crippen LogP) is 2.72. The van der Waals surface area contributed by atoms with E-state index in [1.165, 1.54) is 0 Å². The topological polar surface area (TPSA) is 29.5 Å². The fourth-order valence-corrected chi connectivity index (χ4v) is 2.21. The van der Waals surface area contributed by atoms with Gasteiger partial charge in [-0.3, -0.25) is 4.79 Å². The molecule has 0 aliphatic carbocycles. The summed E-state index contributed by atoms with van der Waals surface area (Å²) >= 11 is 6.03. The van der Waals surface area contributed by atoms with Crippen molar-refractivity contribution in [1.82, 2.24) is 0 Å². The van der Waals surface area contributed by atoms with Crippen molar-refractivity contribution in [2.45, 2.75) is 13.3 Å². The summed E-state index contributed by atoms with van der Waals surface area (Å²) in [6, 6.07) is 5.42. The Hall–Kier alpha value is -1.22. The fraction of sp³-hybridized carbons (Fsp3) is 0.417. The lowest BCUT2D eigenvalue weighted by Crippen LogP contribution is -2.24. The van der Waals surface area contributed by atoms with E-state index in [4.69, 9.17) is 16.3 Å². The second kappa shape index (κ2) is 4.34. The summed E-state index contributed by atoms with van der Waals surface area (Å²) in [7, 11) is 1.57. The van der Waals surface area contributed by atoms with Crippen LogP contribution in [0.5, 0.6) is 5.75 Å². The number of methoxy groups -OCH3 is 1. The summed E-state index contributed by atoms with van der Waals surface area (Å²) in [5.74, 6) is 1.20. The molecule has 0 radical (unpaired) electrons. The predicted molar refractivity (Wildman–Crippen MR) is 64.1 cm³/mol. The lowest BCUT2D eigenvalue weighted by molar-refractivity contribution is -0.117. The number of carbonyl (C=O) groups is 1. The standard InChI is InChI=1S/C12H14ClNO2/c1-8-5-12(15)14(7-8)9-3-4-11(16-2)10(13)6-9/h3-4,6,8H,5,7H2,1-2H3. The van der Waals surface area contributed by atoms with E-state index >= 15 is 0 Å². The van der Waals surface area contributed by atoms with Gasteiger partial charge in [0.2, 0.25) is 5.91 Å². The van der Waals surface area contributed by atoms with E-state index in [-0.39, 0.29) is 5.91 Å². The SMILES string of the molecule is COc1ccc(N2CC(C)CC2=O)cc1Cl. The van der Waals surface area contributed by atoms with Gasteiger partial charge in [-0.15, -0.1) is 0 Å². The van der Waals surface area contributed by atoms with E-state index in [0.717, 1.165) is 12.2 Å². The van der Waals surface area contributed by atoms with Crippen LogP contribution >= 0.6 is 11.6 Å². The van der Waals surface area contributed by atoms with Crippen LogP contribution in [0.4, 0.5) is 5.69 Å². The lowest BCUT2D eigenvalue weighted by Gasteiger charge is -2.17. The molecule has 1 aliphatic rings. The van der Waals surface area contributed by atoms with Gasteiger partial charge in [0.25, 0.3) is 0 Å². The minimum Gasteiger partial charge on any atom is -0.495 e. The van der Waals surface area contributed by atoms with Gasteiger partial charge in [-0.2, -0.15) is 0 Å². The molecule has 1 unspecified atom stereocenters. The molecule has 0 aromatic heterocycles. The zero-order valence-electron chi connectivity index (χ0n) is 9.37. The van der Waals surface area contributed by atoms with E-state index < -0.39 is 0 Å². The molecule has 1 fully saturated rings. The molecule has 0 spiro atoms. The molecule has 4 heteroatoms. The van der Waals surface area contributed by atoms with Crippen molar-refractivity contribution in [2.24, 2.45) is 5.92 Å². The number of ether oxygens (including phenoxy) is 1. The Morgan fingerprint density at radius 2 is 2.25 bits per heavy atom. The highest BCUT2D eigenvalue weighted by Crippen LogP contribution is 2.31. The summed E-state index contributed by atoms with van der Waals surface area (Å²) < 4.78 is 5.08. The third kappa shape index (κ3) is 2.00. The monoisotopic (exact) mass is 239 g/mol. The molecular formula is C12H14ClNO2. The molecular weight excluding hydrogens is 226 g/mol. The third-order valence-electron chi connectivity index (χ3n) is 2.77. The van der Waals surface area contributed by atoms with E-state index in [0.29, 0.717) is 23.1 Å². The van der Waals surface area contributed by atoms with Gasteiger partial charge >= 0.3 is 0 Å². The minimum absolute atomic E-state index is 0.161. The summed E-state index contributed by atoms with van der Waals surface area (Å²) in [5, 5.41) is 0.535. The molecule has 1 aromatic carbocycles. The minimum atomic E-state index is 0.161. The molecule has 1 aromatic rings. The molecule has 16 heavy (non-hydrogen) atoms. The zero-order valence-corrected chi connectivity index (χ0v) is 10.1. The van der Waals surface area contributed by atoms with Gasteiger partial charge in [-0.25, -0.2) is 0 Å². The normalized spacial score (nSPS) is 20.3. The van der Waals surface area contributed by atoms with E-state index in [9.17, 15) is 4.79 Å². The zero-order chi connectivity index (χ0) is 11.7. The van der Waals surface area contributed by atoms with Crippen molar-refractivity contribution in [1.29, 1.82) is 0 Å². The van der Waals surface area contributed by atoms with Crippen molar-refractivity contribution in [3.05, 3.63) is 23.2 Å². The maximum atomic E-state index is 11.7. The molecule has 0 bridgehead atoms. The Kier molecular flexibility index (Phi) is 3.06. The van der Waals surface area contributed by atoms with Crippen LogP contribution in [0.25, 0.3) is 0 Å². The van der Waals surface area contributed by atoms with Crippen LogP contribution in [0.15, 0.2) is 18.2 Å². The first kappa shape index (κ1) is 11.3. The number of carbonyl (C=O) groups excluding carboxylic acids is 1. The summed E-state index contributed by atoms with van der Waals surface area (Å²) in [5.41, 5.74) is 0.847. The van der Waals surface area contributed by atoms with Gasteiger partial charge < -0.3 is 9.64 Å². The van der Waals surface area contributed by atoms with Crippen molar-refractivity contribution in [3.63, 3.8) is 0 Å². The van der Waals surface area contributed by atoms with Crippen LogP contribution < -0.4 is 9.64 Å². The fourth-order valence-electron chi connectivity index (χ4n) is 1.96. The second-order valence-corrected chi connectivity index (χ2v) is 4.54. The van der Waals surface area contributed by atoms with Crippen molar-refractivity contribution in [3.8, 4) is 5.75 Å². The molecule has 2 rings (SSSR count). The van der Waals surface area contributed by atoms with Crippen molar-refractivity contribution >= 4 is 23.2 Å². The molecule has 1 aliphatic heterocycles. The van der Waals surface area contributed by atoms with Crippen molar-refractivity contribution in [2.75, 3.05) is 18.6 Å². The summed E-state index contributed by atoms with van der Waals surface area (Å²) in [6.45, 7) is 2.84. The Bertz CT molecular complexity index is 419. The highest BCUT2D eigenvalue weighted by atomic mass is 35.5. The molecule has 86 valence electrons. The molecule has 1 atom stereocenters. The molecule has 0 saturated carbocycles. The average Bonchev–Trinajstić information content (AvgIpc) is 2.58. The van der Waals surface area contributed by atoms with Gasteiger partial charge in [-0.05, 0) is 24.1 Å². The van der Waals surface area contributed by atoms with Gasteiger partial charge in [0, 0.05) is 18.7 Å². The number of benzene rings is 1. The number of rotatable bonds is 2. The highest BCUT2D eigenvalue weighted by Gasteiger charge is 2.27. The smallest absolute Gasteiger partial charge is 0.227 e. The molecule has 1 heterocycles. The van der Waals surface area contributed by atoms with Gasteiger partial charge in [0.1, 0.15) is 5.75 Å². The Labute approximate surface area is 100.0 Å². The maximum Gasteiger partial charge on any atom is 0.227 e. The first-order valence-electron chi connectivity index (χ1n) is 5.25. The van der Waals surface area contributed by atoms with Gasteiger partial charge in [0.05, 0.1) is 12.1 Å². The van der Waals surface area contributed by atoms with E-state index in [2.05, 4.69) is 6.92 Å². The Morgan fingerprint density at radius 3 is 2.75 bits per heavy atom. The highest BCUT2D eigenvalue weighted by molar-refractivity contribution is 6.32. The van der Waals surface area contributed by atoms with Crippen LogP contribution in [0.3, 0.4) is 0 Å². The quantitative estimate of drug-likeness (QED) is 0.794. The largest absolute Gasteiger partial charge is 0.495 e. The number of nitrogens with zero attached hydrogens (tertiary/aromatic N) is 1. The van der Waals surface area contributed by atoms with Gasteiger partial charge in [-0.1, -0.05) is 18.5 Å².